The first-order chi connectivity index (χ1) is 6.13. The van der Waals surface area contributed by atoms with Crippen molar-refractivity contribution in [2.24, 2.45) is 0 Å². The zero-order valence-corrected chi connectivity index (χ0v) is 8.54. The minimum atomic E-state index is -0.881. The molecular formula is C8H15NO3S. The number of carbonyl (C=O) groups is 1. The van der Waals surface area contributed by atoms with Crippen LogP contribution in [-0.2, 0) is 4.74 Å². The number of ether oxygens (including phenoxy) is 1. The van der Waals surface area contributed by atoms with Crippen LogP contribution in [0, 0.1) is 0 Å². The van der Waals surface area contributed by atoms with Gasteiger partial charge in [-0.25, -0.2) is 4.79 Å². The summed E-state index contributed by atoms with van der Waals surface area (Å²) in [4.78, 5) is 12.0. The molecule has 1 saturated heterocycles. The molecule has 1 amide bonds. The highest BCUT2D eigenvalue weighted by Gasteiger charge is 2.25. The molecular weight excluding hydrogens is 190 g/mol. The fourth-order valence-corrected chi connectivity index (χ4v) is 1.72. The van der Waals surface area contributed by atoms with Crippen LogP contribution in [0.2, 0.25) is 0 Å². The van der Waals surface area contributed by atoms with Crippen molar-refractivity contribution in [2.75, 3.05) is 19.7 Å². The number of rotatable bonds is 3. The third kappa shape index (κ3) is 3.08. The highest BCUT2D eigenvalue weighted by Crippen LogP contribution is 2.18. The van der Waals surface area contributed by atoms with E-state index in [1.807, 2.05) is 6.92 Å². The Morgan fingerprint density at radius 1 is 1.77 bits per heavy atom. The topological polar surface area (TPSA) is 49.8 Å². The molecule has 76 valence electrons. The van der Waals surface area contributed by atoms with E-state index >= 15 is 0 Å². The number of likely N-dealkylation sites (N-methyl/N-ethyl adjacent to an activating group) is 1. The molecule has 0 aromatic heterocycles. The molecule has 0 unspecified atom stereocenters. The monoisotopic (exact) mass is 205 g/mol. The van der Waals surface area contributed by atoms with Gasteiger partial charge in [-0.3, -0.25) is 0 Å². The van der Waals surface area contributed by atoms with Crippen molar-refractivity contribution >= 4 is 18.7 Å². The molecule has 4 nitrogen and oxygen atoms in total. The first-order valence-corrected chi connectivity index (χ1v) is 4.92. The van der Waals surface area contributed by atoms with E-state index in [0.29, 0.717) is 19.7 Å². The maximum absolute atomic E-state index is 10.7. The lowest BCUT2D eigenvalue weighted by Crippen LogP contribution is -2.36. The Balaban J connectivity index is 2.34. The third-order valence-corrected chi connectivity index (χ3v) is 2.50. The molecule has 13 heavy (non-hydrogen) atoms. The summed E-state index contributed by atoms with van der Waals surface area (Å²) in [6.45, 7) is 3.42. The van der Waals surface area contributed by atoms with Gasteiger partial charge in [-0.15, -0.1) is 0 Å². The largest absolute Gasteiger partial charge is 0.465 e. The van der Waals surface area contributed by atoms with E-state index in [9.17, 15) is 4.79 Å². The molecule has 1 aliphatic rings. The van der Waals surface area contributed by atoms with Crippen LogP contribution in [0.1, 0.15) is 13.3 Å². The number of nitrogens with zero attached hydrogens (tertiary/aromatic N) is 1. The fourth-order valence-electron chi connectivity index (χ4n) is 1.40. The van der Waals surface area contributed by atoms with Gasteiger partial charge in [0.2, 0.25) is 0 Å². The van der Waals surface area contributed by atoms with Gasteiger partial charge in [-0.2, -0.15) is 12.6 Å². The first-order valence-electron chi connectivity index (χ1n) is 4.41. The smallest absolute Gasteiger partial charge is 0.407 e. The van der Waals surface area contributed by atoms with E-state index in [1.165, 1.54) is 4.90 Å². The molecule has 0 bridgehead atoms. The lowest BCUT2D eigenvalue weighted by Gasteiger charge is -2.20. The minimum Gasteiger partial charge on any atom is -0.465 e. The van der Waals surface area contributed by atoms with E-state index in [0.717, 1.165) is 6.42 Å². The summed E-state index contributed by atoms with van der Waals surface area (Å²) in [7, 11) is 0. The van der Waals surface area contributed by atoms with Crippen LogP contribution in [-0.4, -0.2) is 47.1 Å². The molecule has 1 fully saturated rings. The zero-order chi connectivity index (χ0) is 9.84. The molecule has 1 aliphatic heterocycles. The Morgan fingerprint density at radius 2 is 2.46 bits per heavy atom. The zero-order valence-electron chi connectivity index (χ0n) is 7.64. The van der Waals surface area contributed by atoms with Crippen molar-refractivity contribution in [2.45, 2.75) is 24.7 Å². The molecule has 5 heteroatoms. The number of amides is 1. The lowest BCUT2D eigenvalue weighted by molar-refractivity contribution is 0.0713. The molecule has 0 radical (unpaired) electrons. The van der Waals surface area contributed by atoms with E-state index in [1.54, 1.807) is 0 Å². The Hall–Kier alpha value is -0.420. The van der Waals surface area contributed by atoms with Crippen molar-refractivity contribution in [1.29, 1.82) is 0 Å². The van der Waals surface area contributed by atoms with E-state index < -0.39 is 6.09 Å². The van der Waals surface area contributed by atoms with Gasteiger partial charge in [-0.1, -0.05) is 0 Å². The van der Waals surface area contributed by atoms with E-state index in [2.05, 4.69) is 12.6 Å². The summed E-state index contributed by atoms with van der Waals surface area (Å²) in [6, 6.07) is 0. The average molecular weight is 205 g/mol. The van der Waals surface area contributed by atoms with Crippen molar-refractivity contribution in [1.82, 2.24) is 4.90 Å². The normalized spacial score (nSPS) is 27.5. The molecule has 1 N–H and O–H groups in total. The van der Waals surface area contributed by atoms with Crippen LogP contribution in [0.25, 0.3) is 0 Å². The second kappa shape index (κ2) is 4.72. The summed E-state index contributed by atoms with van der Waals surface area (Å²) < 4.78 is 5.37. The molecule has 0 saturated carbocycles. The quantitative estimate of drug-likeness (QED) is 0.678. The number of hydrogen-bond donors (Lipinski definition) is 2. The summed E-state index contributed by atoms with van der Waals surface area (Å²) in [5, 5.41) is 9.01. The van der Waals surface area contributed by atoms with Gasteiger partial charge in [0, 0.05) is 11.8 Å². The second-order valence-electron chi connectivity index (χ2n) is 3.17. The van der Waals surface area contributed by atoms with Crippen molar-refractivity contribution in [3.05, 3.63) is 0 Å². The van der Waals surface area contributed by atoms with Crippen molar-refractivity contribution in [3.8, 4) is 0 Å². The maximum atomic E-state index is 10.7. The molecule has 0 aromatic carbocycles. The number of carboxylic acid groups (broad SMARTS) is 1. The Labute approximate surface area is 83.3 Å². The van der Waals surface area contributed by atoms with Crippen molar-refractivity contribution in [3.63, 3.8) is 0 Å². The van der Waals surface area contributed by atoms with Gasteiger partial charge >= 0.3 is 6.09 Å². The van der Waals surface area contributed by atoms with Gasteiger partial charge in [0.25, 0.3) is 0 Å². The average Bonchev–Trinajstić information content (AvgIpc) is 2.46. The molecule has 0 aliphatic carbocycles. The van der Waals surface area contributed by atoms with Gasteiger partial charge in [0.15, 0.2) is 0 Å². The molecule has 2 atom stereocenters. The van der Waals surface area contributed by atoms with Crippen LogP contribution in [0.3, 0.4) is 0 Å². The van der Waals surface area contributed by atoms with E-state index in [-0.39, 0.29) is 11.4 Å². The summed E-state index contributed by atoms with van der Waals surface area (Å²) in [5.74, 6) is 0. The number of hydrogen-bond acceptors (Lipinski definition) is 3. The van der Waals surface area contributed by atoms with E-state index in [4.69, 9.17) is 9.84 Å². The van der Waals surface area contributed by atoms with Crippen molar-refractivity contribution < 1.29 is 14.6 Å². The van der Waals surface area contributed by atoms with Crippen LogP contribution in [0.4, 0.5) is 4.79 Å². The Bertz CT molecular complexity index is 188. The van der Waals surface area contributed by atoms with Crippen LogP contribution >= 0.6 is 12.6 Å². The van der Waals surface area contributed by atoms with Gasteiger partial charge in [0.05, 0.1) is 19.3 Å². The molecule has 0 aromatic rings. The standard InChI is InChI=1S/C8H15NO3S/c1-2-9(8(10)11)4-6-3-7(13)5-12-6/h6-7,13H,2-5H2,1H3,(H,10,11)/t6-,7-/m0/s1. The minimum absolute atomic E-state index is 0.0264. The second-order valence-corrected chi connectivity index (χ2v) is 3.90. The van der Waals surface area contributed by atoms with Gasteiger partial charge in [-0.05, 0) is 13.3 Å². The Morgan fingerprint density at radius 3 is 2.85 bits per heavy atom. The molecule has 1 heterocycles. The van der Waals surface area contributed by atoms with Crippen LogP contribution < -0.4 is 0 Å². The maximum Gasteiger partial charge on any atom is 0.407 e. The fraction of sp³-hybridized carbons (Fsp3) is 0.875. The molecule has 0 spiro atoms. The Kier molecular flexibility index (Phi) is 3.87. The third-order valence-electron chi connectivity index (χ3n) is 2.14. The van der Waals surface area contributed by atoms with Crippen LogP contribution in [0.5, 0.6) is 0 Å². The highest BCUT2D eigenvalue weighted by atomic mass is 32.1. The lowest BCUT2D eigenvalue weighted by atomic mass is 10.2. The summed E-state index contributed by atoms with van der Waals surface area (Å²) >= 11 is 4.26. The summed E-state index contributed by atoms with van der Waals surface area (Å²) in [6.07, 6.45) is -0.0142. The molecule has 1 rings (SSSR count). The van der Waals surface area contributed by atoms with Crippen LogP contribution in [0.15, 0.2) is 0 Å². The van der Waals surface area contributed by atoms with Gasteiger partial charge < -0.3 is 14.7 Å². The highest BCUT2D eigenvalue weighted by molar-refractivity contribution is 7.81. The SMILES string of the molecule is CCN(C[C@@H]1C[C@H](S)CO1)C(=O)O. The van der Waals surface area contributed by atoms with Gasteiger partial charge in [0.1, 0.15) is 0 Å². The summed E-state index contributed by atoms with van der Waals surface area (Å²) in [5.41, 5.74) is 0. The number of thiol groups is 1. The first kappa shape index (κ1) is 10.7. The predicted molar refractivity (Wildman–Crippen MR) is 52.4 cm³/mol. The predicted octanol–water partition coefficient (Wildman–Crippen LogP) is 1.07.